The first-order valence-corrected chi connectivity index (χ1v) is 9.48. The average Bonchev–Trinajstić information content (AvgIpc) is 2.74. The predicted molar refractivity (Wildman–Crippen MR) is 116 cm³/mol. The van der Waals surface area contributed by atoms with Gasteiger partial charge in [0.25, 0.3) is 0 Å². The van der Waals surface area contributed by atoms with E-state index in [1.807, 2.05) is 60.7 Å². The van der Waals surface area contributed by atoms with Crippen LogP contribution in [0.4, 0.5) is 11.4 Å². The fourth-order valence-electron chi connectivity index (χ4n) is 3.23. The Balaban J connectivity index is 1.89. The van der Waals surface area contributed by atoms with E-state index in [0.717, 1.165) is 11.4 Å². The zero-order valence-corrected chi connectivity index (χ0v) is 16.2. The summed E-state index contributed by atoms with van der Waals surface area (Å²) in [5.74, 6) is 0. The van der Waals surface area contributed by atoms with E-state index in [4.69, 9.17) is 0 Å². The summed E-state index contributed by atoms with van der Waals surface area (Å²) < 4.78 is 0. The summed E-state index contributed by atoms with van der Waals surface area (Å²) in [5, 5.41) is 28.9. The molecule has 0 amide bonds. The smallest absolute Gasteiger partial charge is 0.227 e. The van der Waals surface area contributed by atoms with Crippen LogP contribution in [-0.2, 0) is 0 Å². The highest BCUT2D eigenvalue weighted by Crippen LogP contribution is 2.25. The molecule has 3 aromatic carbocycles. The normalized spacial score (nSPS) is 12.5. The first-order valence-electron chi connectivity index (χ1n) is 9.48. The third kappa shape index (κ3) is 6.03. The van der Waals surface area contributed by atoms with Crippen molar-refractivity contribution >= 4 is 11.4 Å². The van der Waals surface area contributed by atoms with Crippen LogP contribution in [0, 0.1) is 20.2 Å². The molecule has 30 heavy (non-hydrogen) atoms. The molecule has 0 radical (unpaired) electrons. The van der Waals surface area contributed by atoms with Gasteiger partial charge in [0.1, 0.15) is 12.1 Å². The second-order valence-electron chi connectivity index (χ2n) is 6.83. The minimum Gasteiger partial charge on any atom is -0.372 e. The molecule has 8 nitrogen and oxygen atoms in total. The average molecular weight is 406 g/mol. The summed E-state index contributed by atoms with van der Waals surface area (Å²) in [5.41, 5.74) is 2.91. The van der Waals surface area contributed by atoms with Gasteiger partial charge in [0.15, 0.2) is 0 Å². The van der Waals surface area contributed by atoms with Gasteiger partial charge in [0.05, 0.1) is 0 Å². The molecule has 0 saturated heterocycles. The van der Waals surface area contributed by atoms with Gasteiger partial charge in [-0.1, -0.05) is 60.7 Å². The number of para-hydroxylation sites is 2. The Morgan fingerprint density at radius 2 is 1.03 bits per heavy atom. The SMILES string of the molecule is O=[N+]([O-])CC(Nc1ccccc1)c1cccc(C(C[N+](=O)[O-])Nc2ccccc2)c1. The molecule has 154 valence electrons. The molecule has 0 aliphatic carbocycles. The maximum atomic E-state index is 11.2. The van der Waals surface area contributed by atoms with E-state index in [0.29, 0.717) is 11.1 Å². The molecule has 0 fully saturated rings. The maximum absolute atomic E-state index is 11.2. The van der Waals surface area contributed by atoms with E-state index in [-0.39, 0.29) is 22.9 Å². The van der Waals surface area contributed by atoms with E-state index >= 15 is 0 Å². The van der Waals surface area contributed by atoms with Crippen molar-refractivity contribution in [2.24, 2.45) is 0 Å². The molecule has 3 rings (SSSR count). The van der Waals surface area contributed by atoms with Crippen molar-refractivity contribution in [2.75, 3.05) is 23.7 Å². The Bertz CT molecular complexity index is 906. The van der Waals surface area contributed by atoms with Gasteiger partial charge in [0, 0.05) is 21.2 Å². The summed E-state index contributed by atoms with van der Waals surface area (Å²) >= 11 is 0. The molecule has 8 heteroatoms. The van der Waals surface area contributed by atoms with Crippen molar-refractivity contribution in [3.8, 4) is 0 Å². The maximum Gasteiger partial charge on any atom is 0.227 e. The number of hydrogen-bond acceptors (Lipinski definition) is 6. The van der Waals surface area contributed by atoms with Crippen LogP contribution in [0.3, 0.4) is 0 Å². The van der Waals surface area contributed by atoms with Crippen LogP contribution in [0.1, 0.15) is 23.2 Å². The van der Waals surface area contributed by atoms with Gasteiger partial charge in [-0.05, 0) is 35.4 Å². The third-order valence-electron chi connectivity index (χ3n) is 4.61. The Morgan fingerprint density at radius 1 is 0.633 bits per heavy atom. The van der Waals surface area contributed by atoms with Gasteiger partial charge < -0.3 is 10.6 Å². The predicted octanol–water partition coefficient (Wildman–Crippen LogP) is 4.55. The van der Waals surface area contributed by atoms with Gasteiger partial charge >= 0.3 is 0 Å². The molecule has 0 aromatic heterocycles. The van der Waals surface area contributed by atoms with Gasteiger partial charge in [-0.15, -0.1) is 0 Å². The van der Waals surface area contributed by atoms with Crippen LogP contribution >= 0.6 is 0 Å². The molecule has 0 bridgehead atoms. The fourth-order valence-corrected chi connectivity index (χ4v) is 3.23. The summed E-state index contributed by atoms with van der Waals surface area (Å²) in [6, 6.07) is 24.5. The quantitative estimate of drug-likeness (QED) is 0.378. The first kappa shape index (κ1) is 20.8. The van der Waals surface area contributed by atoms with Crippen molar-refractivity contribution in [2.45, 2.75) is 12.1 Å². The summed E-state index contributed by atoms with van der Waals surface area (Å²) in [4.78, 5) is 21.7. The Hall–Kier alpha value is -3.94. The van der Waals surface area contributed by atoms with Crippen LogP contribution in [0.25, 0.3) is 0 Å². The largest absolute Gasteiger partial charge is 0.372 e. The van der Waals surface area contributed by atoms with Crippen LogP contribution in [0.2, 0.25) is 0 Å². The number of rotatable bonds is 10. The molecule has 0 heterocycles. The lowest BCUT2D eigenvalue weighted by Crippen LogP contribution is -2.23. The lowest BCUT2D eigenvalue weighted by Gasteiger charge is -2.20. The third-order valence-corrected chi connectivity index (χ3v) is 4.61. The highest BCUT2D eigenvalue weighted by Gasteiger charge is 2.22. The lowest BCUT2D eigenvalue weighted by atomic mass is 9.99. The molecule has 0 saturated carbocycles. The van der Waals surface area contributed by atoms with Crippen LogP contribution in [0.15, 0.2) is 84.9 Å². The zero-order chi connectivity index (χ0) is 21.3. The van der Waals surface area contributed by atoms with Gasteiger partial charge in [-0.2, -0.15) is 0 Å². The molecule has 2 N–H and O–H groups in total. The molecular weight excluding hydrogens is 384 g/mol. The minimum atomic E-state index is -0.574. The highest BCUT2D eigenvalue weighted by molar-refractivity contribution is 5.48. The first-order chi connectivity index (χ1) is 14.5. The van der Waals surface area contributed by atoms with Gasteiger partial charge in [0.2, 0.25) is 13.1 Å². The Labute approximate surface area is 173 Å². The summed E-state index contributed by atoms with van der Waals surface area (Å²) in [6.45, 7) is -0.630. The zero-order valence-electron chi connectivity index (χ0n) is 16.2. The van der Waals surface area contributed by atoms with Crippen LogP contribution in [-0.4, -0.2) is 22.9 Å². The number of anilines is 2. The topological polar surface area (TPSA) is 110 Å². The van der Waals surface area contributed by atoms with E-state index in [9.17, 15) is 20.2 Å². The summed E-state index contributed by atoms with van der Waals surface area (Å²) in [7, 11) is 0. The highest BCUT2D eigenvalue weighted by atomic mass is 16.6. The molecular formula is C22H22N4O4. The number of nitro groups is 2. The molecule has 0 spiro atoms. The molecule has 2 atom stereocenters. The van der Waals surface area contributed by atoms with E-state index in [1.165, 1.54) is 0 Å². The number of nitrogens with zero attached hydrogens (tertiary/aromatic N) is 2. The second-order valence-corrected chi connectivity index (χ2v) is 6.83. The number of nitrogens with one attached hydrogen (secondary N) is 2. The van der Waals surface area contributed by atoms with E-state index in [1.54, 1.807) is 24.3 Å². The number of benzene rings is 3. The van der Waals surface area contributed by atoms with Gasteiger partial charge in [-0.25, -0.2) is 0 Å². The van der Waals surface area contributed by atoms with Crippen molar-refractivity contribution in [3.05, 3.63) is 116 Å². The molecule has 3 aromatic rings. The monoisotopic (exact) mass is 406 g/mol. The Kier molecular flexibility index (Phi) is 6.94. The van der Waals surface area contributed by atoms with Crippen molar-refractivity contribution in [3.63, 3.8) is 0 Å². The molecule has 2 unspecified atom stereocenters. The van der Waals surface area contributed by atoms with Gasteiger partial charge in [-0.3, -0.25) is 20.2 Å². The van der Waals surface area contributed by atoms with E-state index < -0.39 is 12.1 Å². The minimum absolute atomic E-state index is 0.315. The van der Waals surface area contributed by atoms with Crippen LogP contribution < -0.4 is 10.6 Å². The van der Waals surface area contributed by atoms with Crippen molar-refractivity contribution in [1.82, 2.24) is 0 Å². The summed E-state index contributed by atoms with van der Waals surface area (Å²) in [6.07, 6.45) is 0. The van der Waals surface area contributed by atoms with Crippen molar-refractivity contribution < 1.29 is 9.85 Å². The molecule has 0 aliphatic rings. The lowest BCUT2D eigenvalue weighted by molar-refractivity contribution is -0.482. The fraction of sp³-hybridized carbons (Fsp3) is 0.182. The van der Waals surface area contributed by atoms with Crippen LogP contribution in [0.5, 0.6) is 0 Å². The number of hydrogen-bond donors (Lipinski definition) is 2. The molecule has 0 aliphatic heterocycles. The van der Waals surface area contributed by atoms with Crippen molar-refractivity contribution in [1.29, 1.82) is 0 Å². The standard InChI is InChI=1S/C22H22N4O4/c27-25(28)15-21(23-19-10-3-1-4-11-19)17-8-7-9-18(14-17)22(16-26(29)30)24-20-12-5-2-6-13-20/h1-14,21-24H,15-16H2. The second kappa shape index (κ2) is 10.0. The van der Waals surface area contributed by atoms with E-state index in [2.05, 4.69) is 10.6 Å². The Morgan fingerprint density at radius 3 is 1.40 bits per heavy atom.